The van der Waals surface area contributed by atoms with Crippen LogP contribution in [0.3, 0.4) is 0 Å². The van der Waals surface area contributed by atoms with Crippen LogP contribution in [0.5, 0.6) is 0 Å². The van der Waals surface area contributed by atoms with Crippen molar-refractivity contribution in [3.63, 3.8) is 0 Å². The van der Waals surface area contributed by atoms with Crippen molar-refractivity contribution in [2.45, 2.75) is 71.1 Å². The van der Waals surface area contributed by atoms with Gasteiger partial charge in [0.25, 0.3) is 0 Å². The van der Waals surface area contributed by atoms with E-state index in [9.17, 15) is 14.4 Å². The van der Waals surface area contributed by atoms with Gasteiger partial charge < -0.3 is 14.4 Å². The van der Waals surface area contributed by atoms with Crippen molar-refractivity contribution < 1.29 is 23.9 Å². The normalized spacial score (nSPS) is 23.9. The van der Waals surface area contributed by atoms with Crippen LogP contribution >= 0.6 is 0 Å². The van der Waals surface area contributed by atoms with E-state index >= 15 is 0 Å². The summed E-state index contributed by atoms with van der Waals surface area (Å²) in [5.74, 6) is -1.40. The second kappa shape index (κ2) is 10.4. The Balaban J connectivity index is 2.28. The van der Waals surface area contributed by atoms with E-state index in [4.69, 9.17) is 9.47 Å². The number of carbonyl (C=O) groups is 3. The third kappa shape index (κ3) is 7.01. The standard InChI is InChI=1S/C24H33NO5/c1-17-22(18-12-8-6-9-13-18)29-20(26)15-11-7-10-14-19(23(28)25(17)5)16-21(27)30-24(2,3)4/h6-10,12-13,17,19,22H,11,14-16H2,1-5H3/t17-,19+,22+/m1/s1. The van der Waals surface area contributed by atoms with Gasteiger partial charge in [-0.1, -0.05) is 42.5 Å². The van der Waals surface area contributed by atoms with Crippen molar-refractivity contribution in [1.82, 2.24) is 4.90 Å². The molecule has 0 aromatic heterocycles. The summed E-state index contributed by atoms with van der Waals surface area (Å²) in [4.78, 5) is 39.6. The van der Waals surface area contributed by atoms with Gasteiger partial charge in [0.05, 0.1) is 18.4 Å². The topological polar surface area (TPSA) is 72.9 Å². The molecule has 164 valence electrons. The van der Waals surface area contributed by atoms with Gasteiger partial charge in [-0.15, -0.1) is 0 Å². The molecule has 30 heavy (non-hydrogen) atoms. The Morgan fingerprint density at radius 3 is 2.47 bits per heavy atom. The van der Waals surface area contributed by atoms with Gasteiger partial charge in [0.15, 0.2) is 0 Å². The molecule has 3 atom stereocenters. The minimum atomic E-state index is -0.604. The van der Waals surface area contributed by atoms with Gasteiger partial charge in [-0.3, -0.25) is 14.4 Å². The number of amides is 1. The first kappa shape index (κ1) is 23.6. The maximum atomic E-state index is 13.3. The molecule has 0 aliphatic carbocycles. The van der Waals surface area contributed by atoms with Crippen LogP contribution in [0.4, 0.5) is 0 Å². The highest BCUT2D eigenvalue weighted by Gasteiger charge is 2.33. The molecule has 1 aliphatic heterocycles. The maximum Gasteiger partial charge on any atom is 0.307 e. The number of cyclic esters (lactones) is 1. The molecule has 6 nitrogen and oxygen atoms in total. The number of nitrogens with zero attached hydrogens (tertiary/aromatic N) is 1. The molecular formula is C24H33NO5. The summed E-state index contributed by atoms with van der Waals surface area (Å²) >= 11 is 0. The van der Waals surface area contributed by atoms with Crippen LogP contribution in [0, 0.1) is 5.92 Å². The summed E-state index contributed by atoms with van der Waals surface area (Å²) < 4.78 is 11.2. The van der Waals surface area contributed by atoms with Crippen LogP contribution in [0.2, 0.25) is 0 Å². The fraction of sp³-hybridized carbons (Fsp3) is 0.542. The van der Waals surface area contributed by atoms with E-state index in [0.717, 1.165) is 5.56 Å². The SMILES string of the molecule is C[C@@H]1[C@@H](c2ccccc2)OC(=O)CCC=CC[C@@H](CC(=O)OC(C)(C)C)C(=O)N1C. The predicted molar refractivity (Wildman–Crippen MR) is 114 cm³/mol. The second-order valence-electron chi connectivity index (χ2n) is 8.74. The quantitative estimate of drug-likeness (QED) is 0.546. The lowest BCUT2D eigenvalue weighted by Crippen LogP contribution is -2.44. The maximum absolute atomic E-state index is 13.3. The number of rotatable bonds is 3. The molecule has 0 radical (unpaired) electrons. The Bertz CT molecular complexity index is 766. The van der Waals surface area contributed by atoms with Gasteiger partial charge in [-0.2, -0.15) is 0 Å². The van der Waals surface area contributed by atoms with Gasteiger partial charge in [0, 0.05) is 13.5 Å². The minimum Gasteiger partial charge on any atom is -0.460 e. The number of hydrogen-bond acceptors (Lipinski definition) is 5. The summed E-state index contributed by atoms with van der Waals surface area (Å²) in [5.41, 5.74) is 0.224. The van der Waals surface area contributed by atoms with Crippen molar-refractivity contribution in [2.24, 2.45) is 5.92 Å². The van der Waals surface area contributed by atoms with Gasteiger partial charge in [-0.25, -0.2) is 0 Å². The van der Waals surface area contributed by atoms with E-state index in [1.54, 1.807) is 32.7 Å². The van der Waals surface area contributed by atoms with E-state index < -0.39 is 29.6 Å². The highest BCUT2D eigenvalue weighted by molar-refractivity contribution is 5.84. The molecule has 0 N–H and O–H groups in total. The van der Waals surface area contributed by atoms with Crippen LogP contribution in [0.1, 0.15) is 65.0 Å². The van der Waals surface area contributed by atoms with E-state index in [-0.39, 0.29) is 24.7 Å². The molecule has 1 amide bonds. The van der Waals surface area contributed by atoms with Crippen LogP contribution in [0.15, 0.2) is 42.5 Å². The molecule has 6 heteroatoms. The smallest absolute Gasteiger partial charge is 0.307 e. The number of likely N-dealkylation sites (N-methyl/N-ethyl adjacent to an activating group) is 1. The largest absolute Gasteiger partial charge is 0.460 e. The molecule has 0 bridgehead atoms. The van der Waals surface area contributed by atoms with Gasteiger partial charge in [0.2, 0.25) is 5.91 Å². The Kier molecular flexibility index (Phi) is 8.21. The summed E-state index contributed by atoms with van der Waals surface area (Å²) in [5, 5.41) is 0. The summed E-state index contributed by atoms with van der Waals surface area (Å²) in [6, 6.07) is 9.02. The van der Waals surface area contributed by atoms with E-state index in [2.05, 4.69) is 0 Å². The lowest BCUT2D eigenvalue weighted by atomic mass is 9.96. The zero-order valence-corrected chi connectivity index (χ0v) is 18.6. The monoisotopic (exact) mass is 415 g/mol. The van der Waals surface area contributed by atoms with Crippen molar-refractivity contribution in [2.75, 3.05) is 7.05 Å². The van der Waals surface area contributed by atoms with Crippen molar-refractivity contribution in [1.29, 1.82) is 0 Å². The molecule has 1 aromatic rings. The van der Waals surface area contributed by atoms with E-state index in [0.29, 0.717) is 12.8 Å². The second-order valence-corrected chi connectivity index (χ2v) is 8.74. The molecule has 0 fully saturated rings. The molecule has 0 spiro atoms. The van der Waals surface area contributed by atoms with Crippen LogP contribution in [-0.2, 0) is 23.9 Å². The summed E-state index contributed by atoms with van der Waals surface area (Å²) in [6.07, 6.45) is 4.35. The third-order valence-electron chi connectivity index (χ3n) is 5.07. The van der Waals surface area contributed by atoms with Crippen LogP contribution < -0.4 is 0 Å². The minimum absolute atomic E-state index is 0.00724. The lowest BCUT2D eigenvalue weighted by molar-refractivity contribution is -0.160. The van der Waals surface area contributed by atoms with Gasteiger partial charge in [0.1, 0.15) is 11.7 Å². The molecule has 0 unspecified atom stereocenters. The Morgan fingerprint density at radius 1 is 1.17 bits per heavy atom. The highest BCUT2D eigenvalue weighted by atomic mass is 16.6. The average molecular weight is 416 g/mol. The molecule has 2 rings (SSSR count). The number of hydrogen-bond donors (Lipinski definition) is 0. The number of ether oxygens (including phenoxy) is 2. The molecule has 0 saturated carbocycles. The average Bonchev–Trinajstić information content (AvgIpc) is 2.68. The molecule has 1 aromatic carbocycles. The third-order valence-corrected chi connectivity index (χ3v) is 5.07. The van der Waals surface area contributed by atoms with E-state index in [1.807, 2.05) is 49.4 Å². The van der Waals surface area contributed by atoms with Crippen molar-refractivity contribution in [3.8, 4) is 0 Å². The highest BCUT2D eigenvalue weighted by Crippen LogP contribution is 2.28. The van der Waals surface area contributed by atoms with Gasteiger partial charge >= 0.3 is 11.9 Å². The Morgan fingerprint density at radius 2 is 1.83 bits per heavy atom. The zero-order valence-electron chi connectivity index (χ0n) is 18.6. The van der Waals surface area contributed by atoms with E-state index in [1.165, 1.54) is 0 Å². The Labute approximate surface area is 179 Å². The fourth-order valence-electron chi connectivity index (χ4n) is 3.42. The predicted octanol–water partition coefficient (Wildman–Crippen LogP) is 4.21. The zero-order chi connectivity index (χ0) is 22.3. The first-order valence-corrected chi connectivity index (χ1v) is 10.5. The number of carbonyl (C=O) groups excluding carboxylic acids is 3. The lowest BCUT2D eigenvalue weighted by Gasteiger charge is -2.34. The van der Waals surface area contributed by atoms with Crippen LogP contribution in [0.25, 0.3) is 0 Å². The summed E-state index contributed by atoms with van der Waals surface area (Å²) in [7, 11) is 1.69. The van der Waals surface area contributed by atoms with Crippen molar-refractivity contribution in [3.05, 3.63) is 48.0 Å². The van der Waals surface area contributed by atoms with Crippen molar-refractivity contribution >= 4 is 17.8 Å². The molecule has 1 aliphatic rings. The first-order chi connectivity index (χ1) is 14.1. The van der Waals surface area contributed by atoms with Gasteiger partial charge in [-0.05, 0) is 46.1 Å². The number of allylic oxidation sites excluding steroid dienone is 2. The number of benzene rings is 1. The molecule has 0 saturated heterocycles. The number of esters is 2. The first-order valence-electron chi connectivity index (χ1n) is 10.5. The Hall–Kier alpha value is -2.63. The molecule has 1 heterocycles. The molecular weight excluding hydrogens is 382 g/mol. The summed E-state index contributed by atoms with van der Waals surface area (Å²) in [6.45, 7) is 7.27. The fourth-order valence-corrected chi connectivity index (χ4v) is 3.42. The van der Waals surface area contributed by atoms with Crippen LogP contribution in [-0.4, -0.2) is 41.4 Å².